The van der Waals surface area contributed by atoms with E-state index < -0.39 is 0 Å². The second kappa shape index (κ2) is 7.45. The maximum absolute atomic E-state index is 11.6. The molecule has 2 N–H and O–H groups in total. The Morgan fingerprint density at radius 3 is 2.48 bits per heavy atom. The molecular formula is C16H16ClN3O. The van der Waals surface area contributed by atoms with Crippen LogP contribution in [0.5, 0.6) is 0 Å². The Kier molecular flexibility index (Phi) is 5.35. The summed E-state index contributed by atoms with van der Waals surface area (Å²) in [6.45, 7) is 2.18. The van der Waals surface area contributed by atoms with E-state index in [0.717, 1.165) is 11.3 Å². The van der Waals surface area contributed by atoms with Gasteiger partial charge in [-0.2, -0.15) is 5.10 Å². The summed E-state index contributed by atoms with van der Waals surface area (Å²) < 4.78 is 0. The Hall–Kier alpha value is -2.33. The Labute approximate surface area is 128 Å². The van der Waals surface area contributed by atoms with Gasteiger partial charge in [0.2, 0.25) is 0 Å². The summed E-state index contributed by atoms with van der Waals surface area (Å²) in [4.78, 5) is 11.6. The van der Waals surface area contributed by atoms with Crippen molar-refractivity contribution in [1.82, 2.24) is 5.43 Å². The second-order valence-electron chi connectivity index (χ2n) is 4.56. The van der Waals surface area contributed by atoms with E-state index in [1.165, 1.54) is 5.56 Å². The molecule has 0 saturated carbocycles. The molecule has 5 heteroatoms. The zero-order valence-corrected chi connectivity index (χ0v) is 12.4. The number of hydrazone groups is 1. The first-order valence-electron chi connectivity index (χ1n) is 6.51. The number of amides is 1. The lowest BCUT2D eigenvalue weighted by atomic mass is 10.2. The van der Waals surface area contributed by atoms with Crippen LogP contribution in [0.4, 0.5) is 5.69 Å². The molecule has 0 aliphatic carbocycles. The van der Waals surface area contributed by atoms with E-state index in [0.29, 0.717) is 5.02 Å². The molecule has 0 atom stereocenters. The number of hydrogen-bond donors (Lipinski definition) is 2. The molecule has 4 nitrogen and oxygen atoms in total. The smallest absolute Gasteiger partial charge is 0.259 e. The largest absolute Gasteiger partial charge is 0.376 e. The van der Waals surface area contributed by atoms with Crippen molar-refractivity contribution in [2.24, 2.45) is 5.10 Å². The van der Waals surface area contributed by atoms with Gasteiger partial charge in [0.15, 0.2) is 0 Å². The average molecular weight is 302 g/mol. The molecular weight excluding hydrogens is 286 g/mol. The van der Waals surface area contributed by atoms with Crippen molar-refractivity contribution in [3.8, 4) is 0 Å². The zero-order valence-electron chi connectivity index (χ0n) is 11.6. The summed E-state index contributed by atoms with van der Waals surface area (Å²) in [6, 6.07) is 15.0. The Morgan fingerprint density at radius 2 is 1.81 bits per heavy atom. The summed E-state index contributed by atoms with van der Waals surface area (Å²) in [5.41, 5.74) is 5.41. The predicted molar refractivity (Wildman–Crippen MR) is 86.9 cm³/mol. The molecule has 0 spiro atoms. The number of carbonyl (C=O) groups is 1. The number of anilines is 1. The van der Waals surface area contributed by atoms with Gasteiger partial charge in [-0.15, -0.1) is 0 Å². The molecule has 0 saturated heterocycles. The molecule has 2 aromatic rings. The molecule has 108 valence electrons. The van der Waals surface area contributed by atoms with Gasteiger partial charge in [-0.1, -0.05) is 41.4 Å². The van der Waals surface area contributed by atoms with Gasteiger partial charge in [0, 0.05) is 10.7 Å². The topological polar surface area (TPSA) is 53.5 Å². The van der Waals surface area contributed by atoms with Gasteiger partial charge in [0.05, 0.1) is 12.8 Å². The van der Waals surface area contributed by atoms with Gasteiger partial charge in [-0.25, -0.2) is 5.43 Å². The minimum Gasteiger partial charge on any atom is -0.376 e. The Morgan fingerprint density at radius 1 is 1.14 bits per heavy atom. The van der Waals surface area contributed by atoms with E-state index in [-0.39, 0.29) is 12.5 Å². The molecule has 1 amide bonds. The summed E-state index contributed by atoms with van der Waals surface area (Å²) in [6.07, 6.45) is 1.57. The number of nitrogens with zero attached hydrogens (tertiary/aromatic N) is 1. The van der Waals surface area contributed by atoms with Crippen molar-refractivity contribution in [3.05, 3.63) is 64.7 Å². The van der Waals surface area contributed by atoms with Crippen LogP contribution in [0.2, 0.25) is 5.02 Å². The van der Waals surface area contributed by atoms with Crippen LogP contribution in [0.3, 0.4) is 0 Å². The molecule has 0 bridgehead atoms. The van der Waals surface area contributed by atoms with Crippen LogP contribution in [0, 0.1) is 6.92 Å². The first-order valence-corrected chi connectivity index (χ1v) is 6.89. The van der Waals surface area contributed by atoms with Gasteiger partial charge >= 0.3 is 0 Å². The first-order chi connectivity index (χ1) is 10.1. The third-order valence-corrected chi connectivity index (χ3v) is 3.03. The van der Waals surface area contributed by atoms with Crippen molar-refractivity contribution in [1.29, 1.82) is 0 Å². The lowest BCUT2D eigenvalue weighted by molar-refractivity contribution is -0.119. The maximum Gasteiger partial charge on any atom is 0.259 e. The third-order valence-electron chi connectivity index (χ3n) is 2.78. The number of halogens is 1. The molecule has 0 radical (unpaired) electrons. The van der Waals surface area contributed by atoms with Crippen molar-refractivity contribution < 1.29 is 4.79 Å². The van der Waals surface area contributed by atoms with Crippen LogP contribution in [-0.2, 0) is 4.79 Å². The Bertz CT molecular complexity index is 621. The molecule has 2 rings (SSSR count). The van der Waals surface area contributed by atoms with Gasteiger partial charge in [-0.05, 0) is 36.8 Å². The van der Waals surface area contributed by atoms with E-state index in [9.17, 15) is 4.79 Å². The highest BCUT2D eigenvalue weighted by Gasteiger charge is 1.99. The number of carbonyl (C=O) groups excluding carboxylic acids is 1. The number of aryl methyl sites for hydroxylation is 1. The quantitative estimate of drug-likeness (QED) is 0.658. The number of nitrogens with one attached hydrogen (secondary N) is 2. The normalized spacial score (nSPS) is 10.6. The fourth-order valence-corrected chi connectivity index (χ4v) is 1.75. The van der Waals surface area contributed by atoms with E-state index in [4.69, 9.17) is 11.6 Å². The lowest BCUT2D eigenvalue weighted by Crippen LogP contribution is -2.25. The molecule has 0 unspecified atom stereocenters. The molecule has 21 heavy (non-hydrogen) atoms. The van der Waals surface area contributed by atoms with E-state index in [1.807, 2.05) is 43.3 Å². The average Bonchev–Trinajstić information content (AvgIpc) is 2.49. The summed E-state index contributed by atoms with van der Waals surface area (Å²) >= 11 is 5.78. The second-order valence-corrected chi connectivity index (χ2v) is 5.00. The molecule has 0 heterocycles. The maximum atomic E-state index is 11.6. The van der Waals surface area contributed by atoms with Crippen LogP contribution in [0.1, 0.15) is 11.1 Å². The fourth-order valence-electron chi connectivity index (χ4n) is 1.62. The SMILES string of the molecule is Cc1ccc(NCC(=O)N/N=C/c2ccc(Cl)cc2)cc1. The van der Waals surface area contributed by atoms with Crippen LogP contribution < -0.4 is 10.7 Å². The first kappa shape index (κ1) is 15.1. The van der Waals surface area contributed by atoms with Crippen LogP contribution in [0.15, 0.2) is 53.6 Å². The summed E-state index contributed by atoms with van der Waals surface area (Å²) in [5.74, 6) is -0.208. The van der Waals surface area contributed by atoms with Crippen LogP contribution >= 0.6 is 11.6 Å². The van der Waals surface area contributed by atoms with Gasteiger partial charge < -0.3 is 5.32 Å². The van der Waals surface area contributed by atoms with E-state index in [2.05, 4.69) is 15.8 Å². The fraction of sp³-hybridized carbons (Fsp3) is 0.125. The minimum atomic E-state index is -0.208. The highest BCUT2D eigenvalue weighted by atomic mass is 35.5. The monoisotopic (exact) mass is 301 g/mol. The van der Waals surface area contributed by atoms with Gasteiger partial charge in [0.25, 0.3) is 5.91 Å². The van der Waals surface area contributed by atoms with Crippen molar-refractivity contribution in [2.75, 3.05) is 11.9 Å². The molecule has 0 aromatic heterocycles. The predicted octanol–water partition coefficient (Wildman–Crippen LogP) is 3.21. The zero-order chi connectivity index (χ0) is 15.1. The molecule has 0 aliphatic rings. The molecule has 0 fully saturated rings. The van der Waals surface area contributed by atoms with Crippen LogP contribution in [0.25, 0.3) is 0 Å². The van der Waals surface area contributed by atoms with Gasteiger partial charge in [-0.3, -0.25) is 4.79 Å². The highest BCUT2D eigenvalue weighted by molar-refractivity contribution is 6.30. The standard InChI is InChI=1S/C16H16ClN3O/c1-12-2-8-15(9-3-12)18-11-16(21)20-19-10-13-4-6-14(17)7-5-13/h2-10,18H,11H2,1H3,(H,20,21)/b19-10+. The van der Waals surface area contributed by atoms with Crippen molar-refractivity contribution in [2.45, 2.75) is 6.92 Å². The third kappa shape index (κ3) is 5.28. The van der Waals surface area contributed by atoms with Crippen molar-refractivity contribution in [3.63, 3.8) is 0 Å². The molecule has 2 aromatic carbocycles. The Balaban J connectivity index is 1.77. The number of rotatable bonds is 5. The van der Waals surface area contributed by atoms with Gasteiger partial charge in [0.1, 0.15) is 0 Å². The van der Waals surface area contributed by atoms with Crippen LogP contribution in [-0.4, -0.2) is 18.7 Å². The van der Waals surface area contributed by atoms with E-state index in [1.54, 1.807) is 18.3 Å². The highest BCUT2D eigenvalue weighted by Crippen LogP contribution is 2.08. The van der Waals surface area contributed by atoms with Crippen molar-refractivity contribution >= 4 is 29.4 Å². The molecule has 0 aliphatic heterocycles. The van der Waals surface area contributed by atoms with E-state index >= 15 is 0 Å². The number of hydrogen-bond acceptors (Lipinski definition) is 3. The summed E-state index contributed by atoms with van der Waals surface area (Å²) in [7, 11) is 0. The number of benzene rings is 2. The lowest BCUT2D eigenvalue weighted by Gasteiger charge is -2.05. The summed E-state index contributed by atoms with van der Waals surface area (Å²) in [5, 5.41) is 7.58. The minimum absolute atomic E-state index is 0.168.